The highest BCUT2D eigenvalue weighted by Crippen LogP contribution is 2.26. The summed E-state index contributed by atoms with van der Waals surface area (Å²) < 4.78 is 0. The van der Waals surface area contributed by atoms with E-state index in [1.54, 1.807) is 0 Å². The van der Waals surface area contributed by atoms with Crippen molar-refractivity contribution in [2.75, 3.05) is 37.8 Å². The molecule has 144 valence electrons. The van der Waals surface area contributed by atoms with E-state index in [0.717, 1.165) is 50.7 Å². The van der Waals surface area contributed by atoms with Crippen LogP contribution >= 0.6 is 36.6 Å². The second kappa shape index (κ2) is 10.00. The Morgan fingerprint density at radius 3 is 2.62 bits per heavy atom. The summed E-state index contributed by atoms with van der Waals surface area (Å²) in [7, 11) is 0. The number of halogens is 2. The molecule has 4 nitrogen and oxygen atoms in total. The third-order valence-corrected chi connectivity index (χ3v) is 6.34. The number of amides is 1. The zero-order chi connectivity index (χ0) is 16.4. The van der Waals surface area contributed by atoms with Gasteiger partial charge in [-0.3, -0.25) is 9.69 Å². The van der Waals surface area contributed by atoms with E-state index in [1.165, 1.54) is 11.1 Å². The van der Waals surface area contributed by atoms with E-state index in [-0.39, 0.29) is 30.9 Å². The van der Waals surface area contributed by atoms with Crippen molar-refractivity contribution in [2.45, 2.75) is 24.9 Å². The summed E-state index contributed by atoms with van der Waals surface area (Å²) in [5.41, 5.74) is 2.81. The summed E-state index contributed by atoms with van der Waals surface area (Å²) in [5, 5.41) is 3.46. The van der Waals surface area contributed by atoms with E-state index in [2.05, 4.69) is 46.6 Å². The molecule has 3 heterocycles. The fourth-order valence-corrected chi connectivity index (χ4v) is 4.88. The van der Waals surface area contributed by atoms with E-state index in [4.69, 9.17) is 0 Å². The van der Waals surface area contributed by atoms with Crippen LogP contribution in [0.2, 0.25) is 0 Å². The Morgan fingerprint density at radius 1 is 1.15 bits per heavy atom. The number of hydrogen-bond acceptors (Lipinski definition) is 4. The normalized spacial score (nSPS) is 26.0. The molecule has 2 saturated heterocycles. The first kappa shape index (κ1) is 21.6. The van der Waals surface area contributed by atoms with E-state index in [9.17, 15) is 4.79 Å². The van der Waals surface area contributed by atoms with Crippen molar-refractivity contribution in [2.24, 2.45) is 0 Å². The highest BCUT2D eigenvalue weighted by molar-refractivity contribution is 7.99. The Bertz CT molecular complexity index is 622. The van der Waals surface area contributed by atoms with E-state index < -0.39 is 0 Å². The van der Waals surface area contributed by atoms with Crippen LogP contribution in [-0.2, 0) is 4.79 Å². The number of rotatable bonds is 3. The first-order valence-electron chi connectivity index (χ1n) is 8.90. The molecule has 0 bridgehead atoms. The quantitative estimate of drug-likeness (QED) is 0.822. The lowest BCUT2D eigenvalue weighted by Crippen LogP contribution is -2.42. The highest BCUT2D eigenvalue weighted by atomic mass is 35.5. The van der Waals surface area contributed by atoms with Gasteiger partial charge in [-0.25, -0.2) is 0 Å². The number of benzene rings is 1. The van der Waals surface area contributed by atoms with Crippen molar-refractivity contribution in [3.63, 3.8) is 0 Å². The zero-order valence-electron chi connectivity index (χ0n) is 14.8. The Balaban J connectivity index is 0.00000121. The average Bonchev–Trinajstić information content (AvgIpc) is 3.34. The standard InChI is InChI=1S/C19H25N3OS.2ClH/c23-19(22-10-11-24-14-22)18-12-17(13-20-18)21-8-6-16(7-9-21)15-4-2-1-3-5-15;;/h1-6,17-18,20H,7-14H2;2*1H/t17-,18-;;/m0../s1. The molecule has 1 N–H and O–H groups in total. The molecule has 1 aromatic carbocycles. The summed E-state index contributed by atoms with van der Waals surface area (Å²) in [5.74, 6) is 2.26. The van der Waals surface area contributed by atoms with Gasteiger partial charge in [0.1, 0.15) is 0 Å². The third-order valence-electron chi connectivity index (χ3n) is 5.37. The highest BCUT2D eigenvalue weighted by Gasteiger charge is 2.36. The molecular formula is C19H27Cl2N3OS. The van der Waals surface area contributed by atoms with Gasteiger partial charge < -0.3 is 10.2 Å². The van der Waals surface area contributed by atoms with Crippen LogP contribution in [0.25, 0.3) is 5.57 Å². The number of hydrogen-bond donors (Lipinski definition) is 1. The SMILES string of the molecule is Cl.Cl.O=C([C@@H]1C[C@H](N2CC=C(c3ccccc3)CC2)CN1)N1CCSC1. The maximum atomic E-state index is 12.5. The average molecular weight is 416 g/mol. The van der Waals surface area contributed by atoms with E-state index in [0.29, 0.717) is 11.9 Å². The van der Waals surface area contributed by atoms with Gasteiger partial charge in [-0.2, -0.15) is 0 Å². The Morgan fingerprint density at radius 2 is 1.96 bits per heavy atom. The van der Waals surface area contributed by atoms with Crippen molar-refractivity contribution >= 4 is 48.1 Å². The van der Waals surface area contributed by atoms with Crippen LogP contribution in [0.3, 0.4) is 0 Å². The molecule has 0 aromatic heterocycles. The molecule has 7 heteroatoms. The minimum atomic E-state index is 0. The van der Waals surface area contributed by atoms with E-state index in [1.807, 2.05) is 16.7 Å². The lowest BCUT2D eigenvalue weighted by atomic mass is 9.98. The Kier molecular flexibility index (Phi) is 8.30. The predicted octanol–water partition coefficient (Wildman–Crippen LogP) is 2.88. The minimum Gasteiger partial charge on any atom is -0.331 e. The first-order valence-corrected chi connectivity index (χ1v) is 10.0. The van der Waals surface area contributed by atoms with E-state index >= 15 is 0 Å². The molecule has 0 saturated carbocycles. The maximum absolute atomic E-state index is 12.5. The lowest BCUT2D eigenvalue weighted by Gasteiger charge is -2.31. The number of carbonyl (C=O) groups excluding carboxylic acids is 1. The molecule has 2 fully saturated rings. The Hall–Kier alpha value is -0.720. The van der Waals surface area contributed by atoms with Crippen LogP contribution in [0, 0.1) is 0 Å². The van der Waals surface area contributed by atoms with Gasteiger partial charge in [-0.15, -0.1) is 36.6 Å². The van der Waals surface area contributed by atoms with Crippen LogP contribution in [0.1, 0.15) is 18.4 Å². The molecular weight excluding hydrogens is 389 g/mol. The van der Waals surface area contributed by atoms with Gasteiger partial charge in [0, 0.05) is 38.0 Å². The predicted molar refractivity (Wildman–Crippen MR) is 114 cm³/mol. The zero-order valence-corrected chi connectivity index (χ0v) is 17.3. The monoisotopic (exact) mass is 415 g/mol. The first-order chi connectivity index (χ1) is 11.8. The van der Waals surface area contributed by atoms with Crippen molar-refractivity contribution < 1.29 is 4.79 Å². The molecule has 2 atom stereocenters. The molecule has 1 aromatic rings. The van der Waals surface area contributed by atoms with Gasteiger partial charge in [0.05, 0.1) is 11.9 Å². The summed E-state index contributed by atoms with van der Waals surface area (Å²) in [4.78, 5) is 17.1. The van der Waals surface area contributed by atoms with Crippen LogP contribution in [0.5, 0.6) is 0 Å². The van der Waals surface area contributed by atoms with Gasteiger partial charge in [-0.1, -0.05) is 36.4 Å². The van der Waals surface area contributed by atoms with Crippen LogP contribution in [-0.4, -0.2) is 65.6 Å². The molecule has 0 spiro atoms. The van der Waals surface area contributed by atoms with Crippen molar-refractivity contribution in [1.82, 2.24) is 15.1 Å². The van der Waals surface area contributed by atoms with Gasteiger partial charge in [-0.05, 0) is 24.0 Å². The topological polar surface area (TPSA) is 35.6 Å². The maximum Gasteiger partial charge on any atom is 0.240 e. The Labute approximate surface area is 172 Å². The second-order valence-corrected chi connectivity index (χ2v) is 7.90. The van der Waals surface area contributed by atoms with Crippen LogP contribution < -0.4 is 5.32 Å². The molecule has 26 heavy (non-hydrogen) atoms. The number of thioether (sulfide) groups is 1. The van der Waals surface area contributed by atoms with Gasteiger partial charge in [0.25, 0.3) is 0 Å². The van der Waals surface area contributed by atoms with Crippen LogP contribution in [0.15, 0.2) is 36.4 Å². The van der Waals surface area contributed by atoms with Crippen LogP contribution in [0.4, 0.5) is 0 Å². The number of nitrogens with zero attached hydrogens (tertiary/aromatic N) is 2. The number of carbonyl (C=O) groups is 1. The molecule has 0 radical (unpaired) electrons. The molecule has 3 aliphatic heterocycles. The number of nitrogens with one attached hydrogen (secondary N) is 1. The molecule has 1 amide bonds. The summed E-state index contributed by atoms with van der Waals surface area (Å²) >= 11 is 1.86. The second-order valence-electron chi connectivity index (χ2n) is 6.83. The summed E-state index contributed by atoms with van der Waals surface area (Å²) in [6.07, 6.45) is 4.42. The minimum absolute atomic E-state index is 0. The molecule has 0 unspecified atom stereocenters. The fourth-order valence-electron chi connectivity index (χ4n) is 3.92. The van der Waals surface area contributed by atoms with Crippen molar-refractivity contribution in [3.8, 4) is 0 Å². The summed E-state index contributed by atoms with van der Waals surface area (Å²) in [6, 6.07) is 11.2. The molecule has 4 rings (SSSR count). The lowest BCUT2D eigenvalue weighted by molar-refractivity contribution is -0.131. The largest absolute Gasteiger partial charge is 0.331 e. The third kappa shape index (κ3) is 4.76. The molecule has 3 aliphatic rings. The fraction of sp³-hybridized carbons (Fsp3) is 0.526. The van der Waals surface area contributed by atoms with Crippen molar-refractivity contribution in [3.05, 3.63) is 42.0 Å². The van der Waals surface area contributed by atoms with Crippen molar-refractivity contribution in [1.29, 1.82) is 0 Å². The van der Waals surface area contributed by atoms with Gasteiger partial charge in [0.15, 0.2) is 0 Å². The summed E-state index contributed by atoms with van der Waals surface area (Å²) in [6.45, 7) is 3.94. The van der Waals surface area contributed by atoms with Gasteiger partial charge >= 0.3 is 0 Å². The smallest absolute Gasteiger partial charge is 0.240 e. The van der Waals surface area contributed by atoms with Gasteiger partial charge in [0.2, 0.25) is 5.91 Å². The molecule has 0 aliphatic carbocycles.